The summed E-state index contributed by atoms with van der Waals surface area (Å²) >= 11 is 6.06. The maximum absolute atomic E-state index is 12.3. The number of nitro benzene ring substituents is 1. The van der Waals surface area contributed by atoms with Crippen LogP contribution in [0.3, 0.4) is 0 Å². The summed E-state index contributed by atoms with van der Waals surface area (Å²) in [7, 11) is 0. The van der Waals surface area contributed by atoms with E-state index in [0.717, 1.165) is 5.56 Å². The largest absolute Gasteiger partial charge is 0.289 e. The second kappa shape index (κ2) is 5.14. The number of nitrogens with zero attached hydrogens (tertiary/aromatic N) is 1. The Labute approximate surface area is 125 Å². The molecular weight excluding hydrogens is 290 g/mol. The number of non-ortho nitro benzene ring substituents is 1. The molecule has 21 heavy (non-hydrogen) atoms. The van der Waals surface area contributed by atoms with Crippen molar-refractivity contribution in [1.82, 2.24) is 0 Å². The molecule has 5 heteroatoms. The van der Waals surface area contributed by atoms with Crippen LogP contribution in [0.5, 0.6) is 0 Å². The average Bonchev–Trinajstić information content (AvgIpc) is 2.78. The van der Waals surface area contributed by atoms with Gasteiger partial charge >= 0.3 is 0 Å². The van der Waals surface area contributed by atoms with Crippen molar-refractivity contribution >= 4 is 29.1 Å². The van der Waals surface area contributed by atoms with E-state index in [-0.39, 0.29) is 11.5 Å². The molecule has 1 aliphatic rings. The van der Waals surface area contributed by atoms with E-state index in [4.69, 9.17) is 11.6 Å². The molecule has 0 saturated carbocycles. The van der Waals surface area contributed by atoms with E-state index in [9.17, 15) is 14.9 Å². The summed E-state index contributed by atoms with van der Waals surface area (Å²) < 4.78 is 0. The summed E-state index contributed by atoms with van der Waals surface area (Å²) in [4.78, 5) is 22.6. The Kier molecular flexibility index (Phi) is 3.31. The summed E-state index contributed by atoms with van der Waals surface area (Å²) in [6.07, 6.45) is 2.16. The third-order valence-corrected chi connectivity index (χ3v) is 3.80. The SMILES string of the molecule is O=C1/C(=C/c2cc([N+](=O)[O-])ccc2Cl)Cc2ccccc21. The highest BCUT2D eigenvalue weighted by Gasteiger charge is 2.24. The van der Waals surface area contributed by atoms with Gasteiger partial charge in [-0.15, -0.1) is 0 Å². The topological polar surface area (TPSA) is 60.2 Å². The quantitative estimate of drug-likeness (QED) is 0.477. The van der Waals surface area contributed by atoms with Crippen molar-refractivity contribution in [2.24, 2.45) is 0 Å². The van der Waals surface area contributed by atoms with Crippen LogP contribution in [0.25, 0.3) is 6.08 Å². The van der Waals surface area contributed by atoms with E-state index in [1.807, 2.05) is 18.2 Å². The number of ketones is 1. The van der Waals surface area contributed by atoms with Crippen LogP contribution in [0.2, 0.25) is 5.02 Å². The molecule has 0 amide bonds. The third kappa shape index (κ3) is 2.45. The molecule has 0 aromatic heterocycles. The molecule has 0 fully saturated rings. The highest BCUT2D eigenvalue weighted by molar-refractivity contribution is 6.32. The first-order valence-corrected chi connectivity index (χ1v) is 6.71. The molecule has 0 N–H and O–H groups in total. The van der Waals surface area contributed by atoms with Crippen molar-refractivity contribution in [2.45, 2.75) is 6.42 Å². The highest BCUT2D eigenvalue weighted by atomic mass is 35.5. The number of fused-ring (bicyclic) bond motifs is 1. The number of Topliss-reactive ketones (excluding diaryl/α,β-unsaturated/α-hetero) is 1. The number of benzene rings is 2. The molecule has 4 nitrogen and oxygen atoms in total. The van der Waals surface area contributed by atoms with E-state index < -0.39 is 4.92 Å². The van der Waals surface area contributed by atoms with Crippen LogP contribution in [0, 0.1) is 10.1 Å². The summed E-state index contributed by atoms with van der Waals surface area (Å²) in [5, 5.41) is 11.2. The molecule has 0 radical (unpaired) electrons. The lowest BCUT2D eigenvalue weighted by molar-refractivity contribution is -0.384. The number of halogens is 1. The van der Waals surface area contributed by atoms with Crippen molar-refractivity contribution in [3.8, 4) is 0 Å². The molecule has 2 aromatic carbocycles. The van der Waals surface area contributed by atoms with Gasteiger partial charge in [0.1, 0.15) is 0 Å². The van der Waals surface area contributed by atoms with Gasteiger partial charge in [-0.3, -0.25) is 14.9 Å². The predicted octanol–water partition coefficient (Wildman–Crippen LogP) is 4.07. The third-order valence-electron chi connectivity index (χ3n) is 3.45. The number of hydrogen-bond acceptors (Lipinski definition) is 3. The van der Waals surface area contributed by atoms with Crippen LogP contribution < -0.4 is 0 Å². The van der Waals surface area contributed by atoms with Crippen molar-refractivity contribution in [3.63, 3.8) is 0 Å². The van der Waals surface area contributed by atoms with Crippen molar-refractivity contribution in [3.05, 3.63) is 79.9 Å². The Morgan fingerprint density at radius 1 is 1.19 bits per heavy atom. The van der Waals surface area contributed by atoms with Gasteiger partial charge < -0.3 is 0 Å². The summed E-state index contributed by atoms with van der Waals surface area (Å²) in [6.45, 7) is 0. The molecule has 0 bridgehead atoms. The fourth-order valence-electron chi connectivity index (χ4n) is 2.41. The van der Waals surface area contributed by atoms with Gasteiger partial charge in [-0.25, -0.2) is 0 Å². The van der Waals surface area contributed by atoms with E-state index in [2.05, 4.69) is 0 Å². The number of rotatable bonds is 2. The Hall–Kier alpha value is -2.46. The van der Waals surface area contributed by atoms with Crippen LogP contribution in [0.1, 0.15) is 21.5 Å². The Bertz CT molecular complexity index is 796. The average molecular weight is 300 g/mol. The van der Waals surface area contributed by atoms with Gasteiger partial charge in [0.25, 0.3) is 5.69 Å². The fraction of sp³-hybridized carbons (Fsp3) is 0.0625. The first kappa shape index (κ1) is 13.5. The van der Waals surface area contributed by atoms with Crippen LogP contribution >= 0.6 is 11.6 Å². The fourth-order valence-corrected chi connectivity index (χ4v) is 2.59. The first-order valence-electron chi connectivity index (χ1n) is 6.33. The minimum atomic E-state index is -0.483. The molecule has 0 unspecified atom stereocenters. The molecule has 2 aromatic rings. The lowest BCUT2D eigenvalue weighted by Gasteiger charge is -2.00. The van der Waals surface area contributed by atoms with E-state index >= 15 is 0 Å². The molecule has 0 spiro atoms. The molecule has 0 saturated heterocycles. The minimum absolute atomic E-state index is 0.0470. The normalized spacial score (nSPS) is 15.3. The molecule has 104 valence electrons. The lowest BCUT2D eigenvalue weighted by Crippen LogP contribution is -1.95. The maximum Gasteiger partial charge on any atom is 0.270 e. The van der Waals surface area contributed by atoms with E-state index in [1.165, 1.54) is 18.2 Å². The maximum atomic E-state index is 12.3. The van der Waals surface area contributed by atoms with Crippen LogP contribution in [0.15, 0.2) is 48.0 Å². The van der Waals surface area contributed by atoms with Crippen molar-refractivity contribution < 1.29 is 9.72 Å². The van der Waals surface area contributed by atoms with Gasteiger partial charge in [-0.1, -0.05) is 35.9 Å². The zero-order valence-electron chi connectivity index (χ0n) is 10.9. The molecule has 1 aliphatic carbocycles. The number of carbonyl (C=O) groups is 1. The Balaban J connectivity index is 2.03. The number of allylic oxidation sites excluding steroid dienone is 1. The van der Waals surface area contributed by atoms with Gasteiger partial charge in [0.15, 0.2) is 5.78 Å². The van der Waals surface area contributed by atoms with Gasteiger partial charge in [-0.05, 0) is 17.7 Å². The van der Waals surface area contributed by atoms with E-state index in [1.54, 1.807) is 12.1 Å². The molecule has 3 rings (SSSR count). The standard InChI is InChI=1S/C16H10ClNO3/c17-15-6-5-13(18(20)21)9-11(15)8-12-7-10-3-1-2-4-14(10)16(12)19/h1-6,8-9H,7H2/b12-8+. The summed E-state index contributed by atoms with van der Waals surface area (Å²) in [5.74, 6) is -0.0480. The van der Waals surface area contributed by atoms with Crippen LogP contribution in [-0.2, 0) is 6.42 Å². The number of nitro groups is 1. The lowest BCUT2D eigenvalue weighted by atomic mass is 10.1. The molecular formula is C16H10ClNO3. The first-order chi connectivity index (χ1) is 10.1. The second-order valence-corrected chi connectivity index (χ2v) is 5.20. The zero-order chi connectivity index (χ0) is 15.0. The van der Waals surface area contributed by atoms with E-state index in [0.29, 0.717) is 28.1 Å². The molecule has 0 atom stereocenters. The molecule has 0 heterocycles. The Morgan fingerprint density at radius 2 is 1.95 bits per heavy atom. The number of hydrogen-bond donors (Lipinski definition) is 0. The minimum Gasteiger partial charge on any atom is -0.289 e. The van der Waals surface area contributed by atoms with Gasteiger partial charge in [0.05, 0.1) is 4.92 Å². The van der Waals surface area contributed by atoms with Gasteiger partial charge in [0.2, 0.25) is 0 Å². The second-order valence-electron chi connectivity index (χ2n) is 4.80. The smallest absolute Gasteiger partial charge is 0.270 e. The Morgan fingerprint density at radius 3 is 2.67 bits per heavy atom. The van der Waals surface area contributed by atoms with Gasteiger partial charge in [-0.2, -0.15) is 0 Å². The monoisotopic (exact) mass is 299 g/mol. The van der Waals surface area contributed by atoms with Crippen LogP contribution in [0.4, 0.5) is 5.69 Å². The van der Waals surface area contributed by atoms with Crippen molar-refractivity contribution in [2.75, 3.05) is 0 Å². The predicted molar refractivity (Wildman–Crippen MR) is 80.6 cm³/mol. The summed E-state index contributed by atoms with van der Waals surface area (Å²) in [5.41, 5.74) is 2.69. The van der Waals surface area contributed by atoms with Gasteiger partial charge in [0, 0.05) is 40.3 Å². The number of carbonyl (C=O) groups excluding carboxylic acids is 1. The van der Waals surface area contributed by atoms with Crippen molar-refractivity contribution in [1.29, 1.82) is 0 Å². The van der Waals surface area contributed by atoms with Crippen LogP contribution in [-0.4, -0.2) is 10.7 Å². The summed E-state index contributed by atoms with van der Waals surface area (Å²) in [6, 6.07) is 11.6. The highest BCUT2D eigenvalue weighted by Crippen LogP contribution is 2.30. The molecule has 0 aliphatic heterocycles. The zero-order valence-corrected chi connectivity index (χ0v) is 11.6.